The molecule has 2 N–H and O–H groups in total. The van der Waals surface area contributed by atoms with Crippen molar-refractivity contribution in [2.45, 2.75) is 51.7 Å². The van der Waals surface area contributed by atoms with Gasteiger partial charge in [-0.25, -0.2) is 0 Å². The number of carbonyl (C=O) groups excluding carboxylic acids is 1. The number of carbonyl (C=O) groups is 1. The predicted octanol–water partition coefficient (Wildman–Crippen LogP) is 1.43. The molecule has 2 aliphatic rings. The molecular weight excluding hydrogens is 384 g/mol. The summed E-state index contributed by atoms with van der Waals surface area (Å²) in [4.78, 5) is 15.4. The first-order valence-corrected chi connectivity index (χ1v) is 10.8. The number of piperidine rings is 1. The first-order chi connectivity index (χ1) is 14.1. The Hall–Kier alpha value is -1.67. The fraction of sp³-hybridized carbons (Fsp3) is 0.696. The summed E-state index contributed by atoms with van der Waals surface area (Å²) in [6.45, 7) is 11.1. The third kappa shape index (κ3) is 5.72. The number of likely N-dealkylation sites (tertiary alicyclic amines) is 1. The zero-order chi connectivity index (χ0) is 21.9. The Bertz CT molecular complexity index is 760. The van der Waals surface area contributed by atoms with E-state index in [0.717, 1.165) is 22.4 Å². The molecule has 3 rings (SSSR count). The number of aryl methyl sites for hydroxylation is 2. The number of hydrogen-bond donors (Lipinski definition) is 2. The van der Waals surface area contributed by atoms with Gasteiger partial charge in [0.05, 0.1) is 18.8 Å². The van der Waals surface area contributed by atoms with Crippen molar-refractivity contribution in [1.82, 2.24) is 9.80 Å². The van der Waals surface area contributed by atoms with E-state index in [9.17, 15) is 15.0 Å². The van der Waals surface area contributed by atoms with Gasteiger partial charge in [0, 0.05) is 39.6 Å². The molecule has 168 valence electrons. The minimum absolute atomic E-state index is 0.0495. The molecule has 1 amide bonds. The SMILES string of the molecule is CC(=O)N1CCC(O)(CN2CCOC[C@](O)(COc3cc(C)cc(C)c3C)C2)CC1. The van der Waals surface area contributed by atoms with Gasteiger partial charge in [0.15, 0.2) is 0 Å². The zero-order valence-electron chi connectivity index (χ0n) is 18.7. The number of benzene rings is 1. The van der Waals surface area contributed by atoms with Gasteiger partial charge in [0.2, 0.25) is 5.91 Å². The van der Waals surface area contributed by atoms with Gasteiger partial charge in [-0.3, -0.25) is 9.69 Å². The van der Waals surface area contributed by atoms with E-state index in [1.54, 1.807) is 11.8 Å². The van der Waals surface area contributed by atoms with Crippen LogP contribution in [0, 0.1) is 20.8 Å². The third-order valence-corrected chi connectivity index (χ3v) is 6.36. The number of amides is 1. The summed E-state index contributed by atoms with van der Waals surface area (Å²) in [5.74, 6) is 0.834. The number of ether oxygens (including phenoxy) is 2. The molecule has 0 bridgehead atoms. The molecule has 2 fully saturated rings. The highest BCUT2D eigenvalue weighted by molar-refractivity contribution is 5.73. The highest BCUT2D eigenvalue weighted by atomic mass is 16.5. The summed E-state index contributed by atoms with van der Waals surface area (Å²) < 4.78 is 11.7. The van der Waals surface area contributed by atoms with E-state index in [2.05, 4.69) is 17.9 Å². The highest BCUT2D eigenvalue weighted by Crippen LogP contribution is 2.27. The van der Waals surface area contributed by atoms with Crippen LogP contribution in [0.15, 0.2) is 12.1 Å². The maximum Gasteiger partial charge on any atom is 0.219 e. The van der Waals surface area contributed by atoms with Crippen LogP contribution >= 0.6 is 0 Å². The molecule has 1 atom stereocenters. The minimum Gasteiger partial charge on any atom is -0.490 e. The van der Waals surface area contributed by atoms with Crippen LogP contribution in [0.5, 0.6) is 5.75 Å². The van der Waals surface area contributed by atoms with Crippen LogP contribution in [0.3, 0.4) is 0 Å². The fourth-order valence-corrected chi connectivity index (χ4v) is 4.39. The lowest BCUT2D eigenvalue weighted by molar-refractivity contribution is -0.134. The molecule has 0 saturated carbocycles. The van der Waals surface area contributed by atoms with Gasteiger partial charge in [-0.2, -0.15) is 0 Å². The first kappa shape index (κ1) is 23.0. The lowest BCUT2D eigenvalue weighted by Gasteiger charge is -2.41. The van der Waals surface area contributed by atoms with Crippen LogP contribution in [0.1, 0.15) is 36.5 Å². The summed E-state index contributed by atoms with van der Waals surface area (Å²) in [7, 11) is 0. The molecule has 7 nitrogen and oxygen atoms in total. The number of hydrogen-bond acceptors (Lipinski definition) is 6. The summed E-state index contributed by atoms with van der Waals surface area (Å²) >= 11 is 0. The second-order valence-corrected chi connectivity index (χ2v) is 9.21. The smallest absolute Gasteiger partial charge is 0.219 e. The normalized spacial score (nSPS) is 25.1. The van der Waals surface area contributed by atoms with Crippen molar-refractivity contribution >= 4 is 5.91 Å². The van der Waals surface area contributed by atoms with Gasteiger partial charge in [0.25, 0.3) is 0 Å². The fourth-order valence-electron chi connectivity index (χ4n) is 4.39. The molecule has 1 aromatic rings. The van der Waals surface area contributed by atoms with Crippen molar-refractivity contribution in [1.29, 1.82) is 0 Å². The van der Waals surface area contributed by atoms with Crippen LogP contribution in [0.25, 0.3) is 0 Å². The Morgan fingerprint density at radius 2 is 1.83 bits per heavy atom. The Morgan fingerprint density at radius 1 is 1.13 bits per heavy atom. The molecule has 7 heteroatoms. The molecule has 0 radical (unpaired) electrons. The summed E-state index contributed by atoms with van der Waals surface area (Å²) in [5.41, 5.74) is 1.34. The van der Waals surface area contributed by atoms with Crippen molar-refractivity contribution in [3.8, 4) is 5.75 Å². The van der Waals surface area contributed by atoms with Crippen molar-refractivity contribution in [3.05, 3.63) is 28.8 Å². The van der Waals surface area contributed by atoms with Gasteiger partial charge >= 0.3 is 0 Å². The standard InChI is InChI=1S/C23H36N2O5/c1-17-11-18(2)19(3)21(12-17)30-16-23(28)14-24(9-10-29-15-23)13-22(27)5-7-25(8-6-22)20(4)26/h11-12,27-28H,5-10,13-16H2,1-4H3/t23-/m0/s1. The Labute approximate surface area is 179 Å². The average Bonchev–Trinajstić information content (AvgIpc) is 2.85. The number of nitrogens with zero attached hydrogens (tertiary/aromatic N) is 2. The second-order valence-electron chi connectivity index (χ2n) is 9.21. The lowest BCUT2D eigenvalue weighted by atomic mass is 9.90. The minimum atomic E-state index is -1.16. The molecule has 1 aromatic carbocycles. The van der Waals surface area contributed by atoms with Gasteiger partial charge < -0.3 is 24.6 Å². The monoisotopic (exact) mass is 420 g/mol. The quantitative estimate of drug-likeness (QED) is 0.750. The summed E-state index contributed by atoms with van der Waals surface area (Å²) in [5, 5.41) is 22.3. The molecule has 2 heterocycles. The van der Waals surface area contributed by atoms with E-state index in [4.69, 9.17) is 9.47 Å². The lowest BCUT2D eigenvalue weighted by Crippen LogP contribution is -2.55. The molecule has 2 aliphatic heterocycles. The molecule has 0 aromatic heterocycles. The summed E-state index contributed by atoms with van der Waals surface area (Å²) in [6, 6.07) is 4.11. The largest absolute Gasteiger partial charge is 0.490 e. The Morgan fingerprint density at radius 3 is 2.50 bits per heavy atom. The van der Waals surface area contributed by atoms with E-state index in [-0.39, 0.29) is 19.1 Å². The van der Waals surface area contributed by atoms with E-state index in [1.165, 1.54) is 0 Å². The predicted molar refractivity (Wildman–Crippen MR) is 115 cm³/mol. The van der Waals surface area contributed by atoms with Gasteiger partial charge in [-0.15, -0.1) is 0 Å². The van der Waals surface area contributed by atoms with Crippen LogP contribution in [-0.4, -0.2) is 89.7 Å². The van der Waals surface area contributed by atoms with Crippen molar-refractivity contribution in [2.24, 2.45) is 0 Å². The number of rotatable bonds is 5. The van der Waals surface area contributed by atoms with E-state index in [0.29, 0.717) is 52.2 Å². The van der Waals surface area contributed by atoms with Crippen LogP contribution < -0.4 is 4.74 Å². The van der Waals surface area contributed by atoms with E-state index >= 15 is 0 Å². The van der Waals surface area contributed by atoms with Crippen molar-refractivity contribution in [3.63, 3.8) is 0 Å². The first-order valence-electron chi connectivity index (χ1n) is 10.8. The van der Waals surface area contributed by atoms with Crippen LogP contribution in [0.2, 0.25) is 0 Å². The molecule has 0 aliphatic carbocycles. The molecule has 0 unspecified atom stereocenters. The maximum absolute atomic E-state index is 11.6. The van der Waals surface area contributed by atoms with Gasteiger partial charge in [0.1, 0.15) is 18.0 Å². The third-order valence-electron chi connectivity index (χ3n) is 6.36. The van der Waals surface area contributed by atoms with E-state index < -0.39 is 11.2 Å². The van der Waals surface area contributed by atoms with Crippen molar-refractivity contribution in [2.75, 3.05) is 52.5 Å². The Kier molecular flexibility index (Phi) is 7.07. The van der Waals surface area contributed by atoms with Gasteiger partial charge in [-0.05, 0) is 56.4 Å². The molecular formula is C23H36N2O5. The molecule has 2 saturated heterocycles. The van der Waals surface area contributed by atoms with Gasteiger partial charge in [-0.1, -0.05) is 6.07 Å². The topological polar surface area (TPSA) is 82.5 Å². The highest BCUT2D eigenvalue weighted by Gasteiger charge is 2.39. The molecule has 0 spiro atoms. The van der Waals surface area contributed by atoms with Crippen LogP contribution in [-0.2, 0) is 9.53 Å². The number of β-amino-alcohol motifs (C(OH)–C–C–N with tert-alkyl or cyclic N) is 2. The Balaban J connectivity index is 1.62. The maximum atomic E-state index is 11.6. The van der Waals surface area contributed by atoms with E-state index in [1.807, 2.05) is 19.9 Å². The molecule has 30 heavy (non-hydrogen) atoms. The zero-order valence-corrected chi connectivity index (χ0v) is 18.7. The summed E-state index contributed by atoms with van der Waals surface area (Å²) in [6.07, 6.45) is 1.08. The van der Waals surface area contributed by atoms with Crippen molar-refractivity contribution < 1.29 is 24.5 Å². The second kappa shape index (κ2) is 9.22. The van der Waals surface area contributed by atoms with Crippen LogP contribution in [0.4, 0.5) is 0 Å². The average molecular weight is 421 g/mol. The number of aliphatic hydroxyl groups is 2.